The molecule has 0 unspecified atom stereocenters. The van der Waals surface area contributed by atoms with Gasteiger partial charge in [0.15, 0.2) is 0 Å². The molecule has 20 heavy (non-hydrogen) atoms. The van der Waals surface area contributed by atoms with Gasteiger partial charge in [-0.25, -0.2) is 0 Å². The minimum atomic E-state index is 0.236. The Hall–Kier alpha value is -1.81. The van der Waals surface area contributed by atoms with Crippen molar-refractivity contribution < 1.29 is 9.53 Å². The Bertz CT molecular complexity index is 612. The van der Waals surface area contributed by atoms with Crippen LogP contribution in [0.5, 0.6) is 0 Å². The third kappa shape index (κ3) is 2.70. The summed E-state index contributed by atoms with van der Waals surface area (Å²) >= 11 is 0. The van der Waals surface area contributed by atoms with E-state index in [1.165, 1.54) is 16.5 Å². The number of aryl methyl sites for hydroxylation is 2. The molecule has 1 aromatic carbocycles. The number of aromatic nitrogens is 1. The molecule has 1 aliphatic heterocycles. The molecular formula is C16H20N2O2. The average Bonchev–Trinajstić information content (AvgIpc) is 2.87. The van der Waals surface area contributed by atoms with Gasteiger partial charge in [0.2, 0.25) is 5.91 Å². The molecule has 1 saturated heterocycles. The first kappa shape index (κ1) is 13.2. The van der Waals surface area contributed by atoms with E-state index in [-0.39, 0.29) is 5.91 Å². The molecule has 0 bridgehead atoms. The van der Waals surface area contributed by atoms with E-state index in [4.69, 9.17) is 4.74 Å². The van der Waals surface area contributed by atoms with Crippen molar-refractivity contribution in [3.8, 4) is 0 Å². The van der Waals surface area contributed by atoms with Gasteiger partial charge in [-0.15, -0.1) is 0 Å². The van der Waals surface area contributed by atoms with Crippen LogP contribution in [0.4, 0.5) is 0 Å². The molecule has 1 fully saturated rings. The molecule has 2 heterocycles. The number of morpholine rings is 1. The van der Waals surface area contributed by atoms with Crippen molar-refractivity contribution in [3.63, 3.8) is 0 Å². The molecule has 0 aliphatic carbocycles. The summed E-state index contributed by atoms with van der Waals surface area (Å²) in [5.74, 6) is 0.236. The fourth-order valence-corrected chi connectivity index (χ4v) is 2.69. The van der Waals surface area contributed by atoms with Gasteiger partial charge in [-0.2, -0.15) is 0 Å². The number of benzene rings is 1. The predicted molar refractivity (Wildman–Crippen MR) is 78.6 cm³/mol. The molecule has 1 aromatic heterocycles. The van der Waals surface area contributed by atoms with E-state index in [2.05, 4.69) is 35.0 Å². The molecule has 0 saturated carbocycles. The van der Waals surface area contributed by atoms with Crippen LogP contribution in [0.1, 0.15) is 12.0 Å². The van der Waals surface area contributed by atoms with Crippen molar-refractivity contribution >= 4 is 16.8 Å². The SMILES string of the molecule is Cn1ccc2ccc(CCC(=O)N3CCOCC3)cc21. The van der Waals surface area contributed by atoms with E-state index in [0.717, 1.165) is 19.5 Å². The van der Waals surface area contributed by atoms with Gasteiger partial charge in [0, 0.05) is 38.3 Å². The zero-order chi connectivity index (χ0) is 13.9. The Labute approximate surface area is 118 Å². The molecule has 1 aliphatic rings. The number of fused-ring (bicyclic) bond motifs is 1. The van der Waals surface area contributed by atoms with Gasteiger partial charge in [-0.1, -0.05) is 12.1 Å². The van der Waals surface area contributed by atoms with Crippen LogP contribution in [0.15, 0.2) is 30.5 Å². The Morgan fingerprint density at radius 2 is 2.05 bits per heavy atom. The van der Waals surface area contributed by atoms with Crippen LogP contribution in [-0.4, -0.2) is 41.7 Å². The summed E-state index contributed by atoms with van der Waals surface area (Å²) in [6.07, 6.45) is 3.45. The molecule has 0 radical (unpaired) electrons. The number of ether oxygens (including phenoxy) is 1. The van der Waals surface area contributed by atoms with Crippen molar-refractivity contribution in [2.45, 2.75) is 12.8 Å². The highest BCUT2D eigenvalue weighted by molar-refractivity contribution is 5.81. The monoisotopic (exact) mass is 272 g/mol. The summed E-state index contributed by atoms with van der Waals surface area (Å²) in [7, 11) is 2.05. The van der Waals surface area contributed by atoms with Gasteiger partial charge >= 0.3 is 0 Å². The molecule has 4 heteroatoms. The largest absolute Gasteiger partial charge is 0.378 e. The second-order valence-corrected chi connectivity index (χ2v) is 5.31. The lowest BCUT2D eigenvalue weighted by Gasteiger charge is -2.26. The lowest BCUT2D eigenvalue weighted by molar-refractivity contribution is -0.135. The van der Waals surface area contributed by atoms with Gasteiger partial charge in [0.05, 0.1) is 13.2 Å². The zero-order valence-corrected chi connectivity index (χ0v) is 11.8. The highest BCUT2D eigenvalue weighted by Gasteiger charge is 2.16. The first-order valence-electron chi connectivity index (χ1n) is 7.13. The van der Waals surface area contributed by atoms with Crippen LogP contribution >= 0.6 is 0 Å². The lowest BCUT2D eigenvalue weighted by atomic mass is 10.1. The summed E-state index contributed by atoms with van der Waals surface area (Å²) in [5, 5.41) is 1.25. The smallest absolute Gasteiger partial charge is 0.223 e. The van der Waals surface area contributed by atoms with E-state index in [1.807, 2.05) is 11.9 Å². The highest BCUT2D eigenvalue weighted by atomic mass is 16.5. The molecule has 4 nitrogen and oxygen atoms in total. The number of rotatable bonds is 3. The van der Waals surface area contributed by atoms with Crippen LogP contribution in [-0.2, 0) is 23.0 Å². The van der Waals surface area contributed by atoms with Crippen LogP contribution in [0.3, 0.4) is 0 Å². The predicted octanol–water partition coefficient (Wildman–Crippen LogP) is 1.97. The van der Waals surface area contributed by atoms with Gasteiger partial charge in [-0.3, -0.25) is 4.79 Å². The average molecular weight is 272 g/mol. The van der Waals surface area contributed by atoms with Gasteiger partial charge in [0.25, 0.3) is 0 Å². The molecule has 0 spiro atoms. The first-order chi connectivity index (χ1) is 9.74. The van der Waals surface area contributed by atoms with E-state index < -0.39 is 0 Å². The van der Waals surface area contributed by atoms with Crippen molar-refractivity contribution in [3.05, 3.63) is 36.0 Å². The fourth-order valence-electron chi connectivity index (χ4n) is 2.69. The topological polar surface area (TPSA) is 34.5 Å². The van der Waals surface area contributed by atoms with Crippen LogP contribution in [0.25, 0.3) is 10.9 Å². The minimum absolute atomic E-state index is 0.236. The fraction of sp³-hybridized carbons (Fsp3) is 0.438. The Kier molecular flexibility index (Phi) is 3.74. The van der Waals surface area contributed by atoms with Gasteiger partial charge in [0.1, 0.15) is 0 Å². The molecular weight excluding hydrogens is 252 g/mol. The van der Waals surface area contributed by atoms with Gasteiger partial charge in [-0.05, 0) is 29.5 Å². The summed E-state index contributed by atoms with van der Waals surface area (Å²) < 4.78 is 7.38. The number of carbonyl (C=O) groups is 1. The molecule has 2 aromatic rings. The summed E-state index contributed by atoms with van der Waals surface area (Å²) in [4.78, 5) is 14.0. The molecule has 3 rings (SSSR count). The standard InChI is InChI=1S/C16H20N2O2/c1-17-7-6-14-4-2-13(12-15(14)17)3-5-16(19)18-8-10-20-11-9-18/h2,4,6-7,12H,3,5,8-11H2,1H3. The summed E-state index contributed by atoms with van der Waals surface area (Å²) in [5.41, 5.74) is 2.45. The third-order valence-electron chi connectivity index (χ3n) is 3.94. The molecule has 0 atom stereocenters. The number of carbonyl (C=O) groups excluding carboxylic acids is 1. The van der Waals surface area contributed by atoms with E-state index in [9.17, 15) is 4.79 Å². The maximum Gasteiger partial charge on any atom is 0.223 e. The second-order valence-electron chi connectivity index (χ2n) is 5.31. The van der Waals surface area contributed by atoms with Gasteiger partial charge < -0.3 is 14.2 Å². The van der Waals surface area contributed by atoms with E-state index >= 15 is 0 Å². The normalized spacial score (nSPS) is 15.8. The third-order valence-corrected chi connectivity index (χ3v) is 3.94. The van der Waals surface area contributed by atoms with Crippen molar-refractivity contribution in [2.24, 2.45) is 7.05 Å². The maximum absolute atomic E-state index is 12.1. The molecule has 106 valence electrons. The molecule has 1 amide bonds. The summed E-state index contributed by atoms with van der Waals surface area (Å²) in [6.45, 7) is 2.80. The molecule has 0 N–H and O–H groups in total. The lowest BCUT2D eigenvalue weighted by Crippen LogP contribution is -2.40. The number of nitrogens with zero attached hydrogens (tertiary/aromatic N) is 2. The second kappa shape index (κ2) is 5.67. The van der Waals surface area contributed by atoms with Crippen molar-refractivity contribution in [1.82, 2.24) is 9.47 Å². The zero-order valence-electron chi connectivity index (χ0n) is 11.8. The van der Waals surface area contributed by atoms with Crippen molar-refractivity contribution in [1.29, 1.82) is 0 Å². The van der Waals surface area contributed by atoms with Crippen LogP contribution in [0.2, 0.25) is 0 Å². The summed E-state index contributed by atoms with van der Waals surface area (Å²) in [6, 6.07) is 8.54. The number of hydrogen-bond donors (Lipinski definition) is 0. The van der Waals surface area contributed by atoms with E-state index in [0.29, 0.717) is 19.6 Å². The van der Waals surface area contributed by atoms with E-state index in [1.54, 1.807) is 0 Å². The number of hydrogen-bond acceptors (Lipinski definition) is 2. The highest BCUT2D eigenvalue weighted by Crippen LogP contribution is 2.17. The maximum atomic E-state index is 12.1. The van der Waals surface area contributed by atoms with Crippen LogP contribution in [0, 0.1) is 0 Å². The minimum Gasteiger partial charge on any atom is -0.378 e. The Balaban J connectivity index is 1.64. The first-order valence-corrected chi connectivity index (χ1v) is 7.13. The van der Waals surface area contributed by atoms with Crippen molar-refractivity contribution in [2.75, 3.05) is 26.3 Å². The Morgan fingerprint density at radius 3 is 2.85 bits per heavy atom. The van der Waals surface area contributed by atoms with Crippen LogP contribution < -0.4 is 0 Å². The number of amides is 1. The Morgan fingerprint density at radius 1 is 1.25 bits per heavy atom. The quantitative estimate of drug-likeness (QED) is 0.856.